The molecular formula is C12H18N2O5S2. The maximum absolute atomic E-state index is 12.0. The Labute approximate surface area is 124 Å². The van der Waals surface area contributed by atoms with Crippen LogP contribution in [0.25, 0.3) is 0 Å². The van der Waals surface area contributed by atoms with E-state index in [-0.39, 0.29) is 17.0 Å². The van der Waals surface area contributed by atoms with Crippen LogP contribution in [-0.4, -0.2) is 40.3 Å². The van der Waals surface area contributed by atoms with Gasteiger partial charge in [-0.1, -0.05) is 6.07 Å². The molecule has 0 aliphatic carbocycles. The van der Waals surface area contributed by atoms with Crippen molar-refractivity contribution in [1.82, 2.24) is 5.32 Å². The molecule has 7 nitrogen and oxygen atoms in total. The van der Waals surface area contributed by atoms with Gasteiger partial charge in [-0.15, -0.1) is 0 Å². The SMILES string of the molecule is CC(C)(CNC(=O)c1cccc(S(N)(=O)=O)c1)S(C)(=O)=O. The molecule has 0 heterocycles. The second kappa shape index (κ2) is 5.74. The molecule has 1 aromatic rings. The Balaban J connectivity index is 2.92. The minimum atomic E-state index is -3.90. The lowest BCUT2D eigenvalue weighted by Crippen LogP contribution is -2.43. The molecule has 118 valence electrons. The first-order valence-corrected chi connectivity index (χ1v) is 9.39. The van der Waals surface area contributed by atoms with Crippen molar-refractivity contribution in [3.63, 3.8) is 0 Å². The zero-order chi connectivity index (χ0) is 16.5. The number of amides is 1. The lowest BCUT2D eigenvalue weighted by molar-refractivity contribution is 0.0950. The Hall–Kier alpha value is -1.45. The van der Waals surface area contributed by atoms with E-state index in [1.54, 1.807) is 0 Å². The molecule has 0 atom stereocenters. The number of nitrogens with two attached hydrogens (primary N) is 1. The summed E-state index contributed by atoms with van der Waals surface area (Å²) in [6.07, 6.45) is 1.08. The van der Waals surface area contributed by atoms with E-state index in [2.05, 4.69) is 5.32 Å². The highest BCUT2D eigenvalue weighted by atomic mass is 32.2. The van der Waals surface area contributed by atoms with E-state index < -0.39 is 30.5 Å². The molecule has 21 heavy (non-hydrogen) atoms. The molecule has 0 fully saturated rings. The van der Waals surface area contributed by atoms with E-state index in [0.29, 0.717) is 0 Å². The summed E-state index contributed by atoms with van der Waals surface area (Å²) < 4.78 is 44.4. The van der Waals surface area contributed by atoms with Crippen molar-refractivity contribution in [1.29, 1.82) is 0 Å². The highest BCUT2D eigenvalue weighted by Crippen LogP contribution is 2.14. The maximum atomic E-state index is 12.0. The van der Waals surface area contributed by atoms with Gasteiger partial charge in [-0.3, -0.25) is 4.79 Å². The summed E-state index contributed by atoms with van der Waals surface area (Å²) in [6, 6.07) is 5.21. The zero-order valence-electron chi connectivity index (χ0n) is 12.0. The first kappa shape index (κ1) is 17.6. The molecule has 1 rings (SSSR count). The van der Waals surface area contributed by atoms with E-state index in [0.717, 1.165) is 12.3 Å². The molecule has 0 aromatic heterocycles. The first-order valence-electron chi connectivity index (χ1n) is 5.95. The second-order valence-electron chi connectivity index (χ2n) is 5.29. The average molecular weight is 334 g/mol. The molecule has 0 saturated carbocycles. The number of primary sulfonamides is 1. The van der Waals surface area contributed by atoms with Crippen LogP contribution in [0.4, 0.5) is 0 Å². The lowest BCUT2D eigenvalue weighted by Gasteiger charge is -2.22. The van der Waals surface area contributed by atoms with E-state index >= 15 is 0 Å². The summed E-state index contributed by atoms with van der Waals surface area (Å²) in [6.45, 7) is 2.89. The van der Waals surface area contributed by atoms with E-state index in [9.17, 15) is 21.6 Å². The highest BCUT2D eigenvalue weighted by molar-refractivity contribution is 7.92. The van der Waals surface area contributed by atoms with Gasteiger partial charge in [0.1, 0.15) is 0 Å². The monoisotopic (exact) mass is 334 g/mol. The lowest BCUT2D eigenvalue weighted by atomic mass is 10.2. The van der Waals surface area contributed by atoms with Gasteiger partial charge in [-0.2, -0.15) is 0 Å². The number of carbonyl (C=O) groups excluding carboxylic acids is 1. The third-order valence-electron chi connectivity index (χ3n) is 3.10. The van der Waals surface area contributed by atoms with Crippen molar-refractivity contribution in [3.8, 4) is 0 Å². The van der Waals surface area contributed by atoms with Crippen LogP contribution in [0.1, 0.15) is 24.2 Å². The summed E-state index contributed by atoms with van der Waals surface area (Å²) >= 11 is 0. The molecule has 0 radical (unpaired) electrons. The molecule has 0 saturated heterocycles. The normalized spacial score (nSPS) is 13.0. The van der Waals surface area contributed by atoms with Gasteiger partial charge in [-0.25, -0.2) is 22.0 Å². The van der Waals surface area contributed by atoms with E-state index in [1.807, 2.05) is 0 Å². The van der Waals surface area contributed by atoms with Gasteiger partial charge in [0.15, 0.2) is 9.84 Å². The van der Waals surface area contributed by atoms with Gasteiger partial charge in [-0.05, 0) is 32.0 Å². The van der Waals surface area contributed by atoms with Gasteiger partial charge in [0, 0.05) is 18.4 Å². The minimum absolute atomic E-state index is 0.0887. The number of hydrogen-bond acceptors (Lipinski definition) is 5. The third kappa shape index (κ3) is 4.51. The Morgan fingerprint density at radius 1 is 1.24 bits per heavy atom. The number of sulfone groups is 1. The predicted molar refractivity (Wildman–Crippen MR) is 79.1 cm³/mol. The van der Waals surface area contributed by atoms with Crippen LogP contribution in [-0.2, 0) is 19.9 Å². The second-order valence-corrected chi connectivity index (χ2v) is 9.50. The number of hydrogen-bond donors (Lipinski definition) is 2. The molecule has 1 amide bonds. The Morgan fingerprint density at radius 2 is 1.81 bits per heavy atom. The summed E-state index contributed by atoms with van der Waals surface area (Å²) in [5.74, 6) is -0.572. The Morgan fingerprint density at radius 3 is 2.29 bits per heavy atom. The fourth-order valence-electron chi connectivity index (χ4n) is 1.34. The van der Waals surface area contributed by atoms with Crippen LogP contribution in [0.3, 0.4) is 0 Å². The standard InChI is InChI=1S/C12H18N2O5S2/c1-12(2,20(3,16)17)8-14-11(15)9-5-4-6-10(7-9)21(13,18)19/h4-7H,8H2,1-3H3,(H,14,15)(H2,13,18,19). The van der Waals surface area contributed by atoms with Crippen molar-refractivity contribution in [2.45, 2.75) is 23.5 Å². The first-order chi connectivity index (χ1) is 9.34. The predicted octanol–water partition coefficient (Wildman–Crippen LogP) is -0.113. The zero-order valence-corrected chi connectivity index (χ0v) is 13.6. The topological polar surface area (TPSA) is 123 Å². The molecule has 0 spiro atoms. The van der Waals surface area contributed by atoms with Gasteiger partial charge in [0.05, 0.1) is 9.64 Å². The molecule has 0 unspecified atom stereocenters. The Kier molecular flexibility index (Phi) is 4.81. The molecule has 1 aromatic carbocycles. The number of nitrogens with one attached hydrogen (secondary N) is 1. The van der Waals surface area contributed by atoms with Crippen molar-refractivity contribution in [3.05, 3.63) is 29.8 Å². The third-order valence-corrected chi connectivity index (χ3v) is 6.17. The summed E-state index contributed by atoms with van der Waals surface area (Å²) in [5.41, 5.74) is 0.0887. The van der Waals surface area contributed by atoms with Crippen LogP contribution in [0.15, 0.2) is 29.2 Å². The van der Waals surface area contributed by atoms with Gasteiger partial charge in [0.2, 0.25) is 10.0 Å². The van der Waals surface area contributed by atoms with Crippen LogP contribution < -0.4 is 10.5 Å². The Bertz CT molecular complexity index is 752. The van der Waals surface area contributed by atoms with Crippen LogP contribution in [0.2, 0.25) is 0 Å². The summed E-state index contributed by atoms with van der Waals surface area (Å²) in [7, 11) is -7.24. The van der Waals surface area contributed by atoms with E-state index in [1.165, 1.54) is 32.0 Å². The smallest absolute Gasteiger partial charge is 0.251 e. The number of benzene rings is 1. The maximum Gasteiger partial charge on any atom is 0.251 e. The van der Waals surface area contributed by atoms with Crippen LogP contribution >= 0.6 is 0 Å². The number of rotatable bonds is 5. The molecule has 0 aliphatic heterocycles. The van der Waals surface area contributed by atoms with Crippen molar-refractivity contribution in [2.24, 2.45) is 5.14 Å². The quantitative estimate of drug-likeness (QED) is 0.777. The summed E-state index contributed by atoms with van der Waals surface area (Å²) in [4.78, 5) is 11.8. The molecule has 9 heteroatoms. The molecule has 0 bridgehead atoms. The molecule has 3 N–H and O–H groups in total. The average Bonchev–Trinajstić information content (AvgIpc) is 2.34. The minimum Gasteiger partial charge on any atom is -0.350 e. The van der Waals surface area contributed by atoms with Crippen molar-refractivity contribution < 1.29 is 21.6 Å². The number of sulfonamides is 1. The van der Waals surface area contributed by atoms with Crippen LogP contribution in [0, 0.1) is 0 Å². The fourth-order valence-corrected chi connectivity index (χ4v) is 2.23. The van der Waals surface area contributed by atoms with Gasteiger partial charge < -0.3 is 5.32 Å². The molecular weight excluding hydrogens is 316 g/mol. The molecule has 0 aliphatic rings. The van der Waals surface area contributed by atoms with Gasteiger partial charge >= 0.3 is 0 Å². The number of carbonyl (C=O) groups is 1. The van der Waals surface area contributed by atoms with Gasteiger partial charge in [0.25, 0.3) is 5.91 Å². The fraction of sp³-hybridized carbons (Fsp3) is 0.417. The largest absolute Gasteiger partial charge is 0.350 e. The van der Waals surface area contributed by atoms with Crippen LogP contribution in [0.5, 0.6) is 0 Å². The van der Waals surface area contributed by atoms with Crippen molar-refractivity contribution in [2.75, 3.05) is 12.8 Å². The van der Waals surface area contributed by atoms with Crippen molar-refractivity contribution >= 4 is 25.8 Å². The summed E-state index contributed by atoms with van der Waals surface area (Å²) in [5, 5.41) is 7.46. The highest BCUT2D eigenvalue weighted by Gasteiger charge is 2.30. The van der Waals surface area contributed by atoms with E-state index in [4.69, 9.17) is 5.14 Å².